The zero-order valence-corrected chi connectivity index (χ0v) is 9.66. The van der Waals surface area contributed by atoms with E-state index in [9.17, 15) is 22.4 Å². The lowest BCUT2D eigenvalue weighted by molar-refractivity contribution is -0.140. The molecule has 0 saturated heterocycles. The van der Waals surface area contributed by atoms with E-state index < -0.39 is 28.8 Å². The van der Waals surface area contributed by atoms with Gasteiger partial charge in [0.2, 0.25) is 5.88 Å². The molecule has 1 aromatic carbocycles. The number of benzene rings is 1. The van der Waals surface area contributed by atoms with Gasteiger partial charge in [-0.05, 0) is 18.2 Å². The lowest BCUT2D eigenvalue weighted by atomic mass is 10.2. The predicted molar refractivity (Wildman–Crippen MR) is 60.7 cm³/mol. The SMILES string of the molecule is Nc1c(Oc2ccc(F)c(C(F)(F)F)c2)nc[nH]c1=O. The normalized spacial score (nSPS) is 11.4. The van der Waals surface area contributed by atoms with Crippen molar-refractivity contribution in [3.63, 3.8) is 0 Å². The number of nitrogens with zero attached hydrogens (tertiary/aromatic N) is 1. The largest absolute Gasteiger partial charge is 0.437 e. The fraction of sp³-hybridized carbons (Fsp3) is 0.0909. The number of hydrogen-bond acceptors (Lipinski definition) is 4. The van der Waals surface area contributed by atoms with E-state index >= 15 is 0 Å². The number of ether oxygens (including phenoxy) is 1. The Hall–Kier alpha value is -2.58. The van der Waals surface area contributed by atoms with E-state index in [1.807, 2.05) is 0 Å². The van der Waals surface area contributed by atoms with Crippen molar-refractivity contribution < 1.29 is 22.3 Å². The molecule has 0 fully saturated rings. The van der Waals surface area contributed by atoms with Crippen LogP contribution in [0.3, 0.4) is 0 Å². The number of H-pyrrole nitrogens is 1. The number of nitrogens with two attached hydrogens (primary N) is 1. The second kappa shape index (κ2) is 4.83. The van der Waals surface area contributed by atoms with Crippen molar-refractivity contribution in [1.82, 2.24) is 9.97 Å². The van der Waals surface area contributed by atoms with Crippen LogP contribution in [-0.2, 0) is 6.18 Å². The summed E-state index contributed by atoms with van der Waals surface area (Å²) in [5.41, 5.74) is 2.77. The van der Waals surface area contributed by atoms with Gasteiger partial charge in [-0.1, -0.05) is 0 Å². The summed E-state index contributed by atoms with van der Waals surface area (Å²) in [6.45, 7) is 0. The van der Waals surface area contributed by atoms with Gasteiger partial charge in [0, 0.05) is 0 Å². The lowest BCUT2D eigenvalue weighted by Crippen LogP contribution is -2.13. The summed E-state index contributed by atoms with van der Waals surface area (Å²) in [6, 6.07) is 2.02. The summed E-state index contributed by atoms with van der Waals surface area (Å²) in [7, 11) is 0. The maximum Gasteiger partial charge on any atom is 0.419 e. The highest BCUT2D eigenvalue weighted by Gasteiger charge is 2.34. The molecule has 0 unspecified atom stereocenters. The lowest BCUT2D eigenvalue weighted by Gasteiger charge is -2.11. The van der Waals surface area contributed by atoms with Crippen molar-refractivity contribution in [2.45, 2.75) is 6.18 Å². The molecule has 3 N–H and O–H groups in total. The number of aromatic nitrogens is 2. The molecule has 2 rings (SSSR count). The van der Waals surface area contributed by atoms with E-state index in [0.717, 1.165) is 12.4 Å². The molecule has 0 spiro atoms. The summed E-state index contributed by atoms with van der Waals surface area (Å²) < 4.78 is 55.6. The number of nitrogen functional groups attached to an aromatic ring is 1. The van der Waals surface area contributed by atoms with Crippen molar-refractivity contribution in [2.75, 3.05) is 5.73 Å². The van der Waals surface area contributed by atoms with E-state index in [4.69, 9.17) is 10.5 Å². The molecule has 9 heteroatoms. The second-order valence-corrected chi connectivity index (χ2v) is 3.69. The molecule has 0 radical (unpaired) electrons. The Kier molecular flexibility index (Phi) is 3.35. The van der Waals surface area contributed by atoms with E-state index in [0.29, 0.717) is 12.1 Å². The zero-order chi connectivity index (χ0) is 14.9. The van der Waals surface area contributed by atoms with Gasteiger partial charge in [0.05, 0.1) is 11.9 Å². The smallest absolute Gasteiger partial charge is 0.419 e. The maximum absolute atomic E-state index is 13.1. The van der Waals surface area contributed by atoms with E-state index in [1.165, 1.54) is 0 Å². The topological polar surface area (TPSA) is 81.0 Å². The monoisotopic (exact) mass is 289 g/mol. The summed E-state index contributed by atoms with van der Waals surface area (Å²) in [6.07, 6.45) is -3.89. The van der Waals surface area contributed by atoms with Crippen molar-refractivity contribution in [1.29, 1.82) is 0 Å². The van der Waals surface area contributed by atoms with Gasteiger partial charge in [0.1, 0.15) is 11.6 Å². The summed E-state index contributed by atoms with van der Waals surface area (Å²) in [5, 5.41) is 0. The van der Waals surface area contributed by atoms with Crippen LogP contribution in [0, 0.1) is 5.82 Å². The van der Waals surface area contributed by atoms with Gasteiger partial charge in [-0.3, -0.25) is 4.79 Å². The highest BCUT2D eigenvalue weighted by molar-refractivity contribution is 5.47. The molecule has 0 saturated carbocycles. The summed E-state index contributed by atoms with van der Waals surface area (Å²) in [4.78, 5) is 16.9. The van der Waals surface area contributed by atoms with Crippen LogP contribution >= 0.6 is 0 Å². The van der Waals surface area contributed by atoms with Crippen LogP contribution in [0.1, 0.15) is 5.56 Å². The summed E-state index contributed by atoms with van der Waals surface area (Å²) in [5.74, 6) is -2.14. The third-order valence-electron chi connectivity index (χ3n) is 2.31. The molecule has 5 nitrogen and oxygen atoms in total. The molecule has 20 heavy (non-hydrogen) atoms. The first-order valence-electron chi connectivity index (χ1n) is 5.17. The van der Waals surface area contributed by atoms with Gasteiger partial charge in [-0.2, -0.15) is 13.2 Å². The van der Waals surface area contributed by atoms with Crippen LogP contribution < -0.4 is 16.0 Å². The molecule has 0 atom stereocenters. The minimum absolute atomic E-state index is 0.344. The number of nitrogens with one attached hydrogen (secondary N) is 1. The Morgan fingerprint density at radius 1 is 1.30 bits per heavy atom. The molecule has 1 heterocycles. The first kappa shape index (κ1) is 13.8. The molecule has 2 aromatic rings. The molecule has 0 amide bonds. The Morgan fingerprint density at radius 3 is 2.65 bits per heavy atom. The van der Waals surface area contributed by atoms with Gasteiger partial charge in [-0.25, -0.2) is 9.37 Å². The molecule has 1 aromatic heterocycles. The maximum atomic E-state index is 13.1. The zero-order valence-electron chi connectivity index (χ0n) is 9.66. The highest BCUT2D eigenvalue weighted by atomic mass is 19.4. The average molecular weight is 289 g/mol. The number of anilines is 1. The van der Waals surface area contributed by atoms with Crippen LogP contribution in [0.5, 0.6) is 11.6 Å². The first-order chi connectivity index (χ1) is 9.29. The molecule has 0 bridgehead atoms. The van der Waals surface area contributed by atoms with Crippen molar-refractivity contribution in [3.05, 3.63) is 46.3 Å². The van der Waals surface area contributed by atoms with Gasteiger partial charge < -0.3 is 15.5 Å². The Balaban J connectivity index is 2.40. The van der Waals surface area contributed by atoms with Crippen LogP contribution in [0.15, 0.2) is 29.3 Å². The second-order valence-electron chi connectivity index (χ2n) is 3.69. The van der Waals surface area contributed by atoms with Crippen LogP contribution in [0.4, 0.5) is 23.2 Å². The van der Waals surface area contributed by atoms with Crippen LogP contribution in [0.2, 0.25) is 0 Å². The van der Waals surface area contributed by atoms with E-state index in [1.54, 1.807) is 0 Å². The minimum Gasteiger partial charge on any atom is -0.437 e. The van der Waals surface area contributed by atoms with Crippen molar-refractivity contribution >= 4 is 5.69 Å². The third-order valence-corrected chi connectivity index (χ3v) is 2.31. The third kappa shape index (κ3) is 2.71. The molecule has 0 aliphatic heterocycles. The van der Waals surface area contributed by atoms with Crippen LogP contribution in [0.25, 0.3) is 0 Å². The molecule has 0 aliphatic rings. The number of rotatable bonds is 2. The highest BCUT2D eigenvalue weighted by Crippen LogP contribution is 2.34. The number of aromatic amines is 1. The van der Waals surface area contributed by atoms with E-state index in [2.05, 4.69) is 9.97 Å². The fourth-order valence-electron chi connectivity index (χ4n) is 1.37. The van der Waals surface area contributed by atoms with Gasteiger partial charge >= 0.3 is 6.18 Å². The first-order valence-corrected chi connectivity index (χ1v) is 5.17. The van der Waals surface area contributed by atoms with E-state index in [-0.39, 0.29) is 11.6 Å². The molecule has 106 valence electrons. The Bertz CT molecular complexity index is 697. The average Bonchev–Trinajstić information content (AvgIpc) is 2.36. The minimum atomic E-state index is -4.86. The standard InChI is InChI=1S/C11H7F4N3O2/c12-7-2-1-5(3-6(7)11(13,14)15)20-10-8(16)9(19)17-4-18-10/h1-4H,16H2,(H,17,18,19). The van der Waals surface area contributed by atoms with Crippen molar-refractivity contribution in [3.8, 4) is 11.6 Å². The quantitative estimate of drug-likeness (QED) is 0.831. The number of hydrogen-bond donors (Lipinski definition) is 2. The fourth-order valence-corrected chi connectivity index (χ4v) is 1.37. The number of alkyl halides is 3. The van der Waals surface area contributed by atoms with Gasteiger partial charge in [-0.15, -0.1) is 0 Å². The Labute approximate surface area is 109 Å². The van der Waals surface area contributed by atoms with Crippen LogP contribution in [-0.4, -0.2) is 9.97 Å². The van der Waals surface area contributed by atoms with Gasteiger partial charge in [0.15, 0.2) is 5.69 Å². The van der Waals surface area contributed by atoms with Crippen molar-refractivity contribution in [2.24, 2.45) is 0 Å². The summed E-state index contributed by atoms with van der Waals surface area (Å²) >= 11 is 0. The molecule has 0 aliphatic carbocycles. The Morgan fingerprint density at radius 2 is 2.00 bits per heavy atom. The predicted octanol–water partition coefficient (Wildman–Crippen LogP) is 2.30. The van der Waals surface area contributed by atoms with Gasteiger partial charge in [0.25, 0.3) is 5.56 Å². The number of halogens is 4. The molecular formula is C11H7F4N3O2. The molecular weight excluding hydrogens is 282 g/mol.